The molecule has 338 valence electrons. The second kappa shape index (κ2) is 27.9. The van der Waals surface area contributed by atoms with Gasteiger partial charge in [-0.2, -0.15) is 0 Å². The van der Waals surface area contributed by atoms with Gasteiger partial charge in [0.15, 0.2) is 0 Å². The zero-order valence-corrected chi connectivity index (χ0v) is 36.2. The van der Waals surface area contributed by atoms with E-state index in [0.29, 0.717) is 57.3 Å². The van der Waals surface area contributed by atoms with Crippen LogP contribution in [0.25, 0.3) is 0 Å². The van der Waals surface area contributed by atoms with Gasteiger partial charge in [-0.25, -0.2) is 29.0 Å². The number of primary amides is 2. The predicted molar refractivity (Wildman–Crippen MR) is 237 cm³/mol. The van der Waals surface area contributed by atoms with Crippen molar-refractivity contribution in [2.45, 2.75) is 93.2 Å². The molecule has 0 radical (unpaired) electrons. The number of hydrogen-bond donors (Lipinski definition) is 8. The number of nitrogens with two attached hydrogens (primary N) is 2. The van der Waals surface area contributed by atoms with Crippen LogP contribution in [0.3, 0.4) is 0 Å². The third-order valence-electron chi connectivity index (χ3n) is 8.73. The summed E-state index contributed by atoms with van der Waals surface area (Å²) < 4.78 is 2.31. The fraction of sp³-hybridized carbons (Fsp3) is 0.439. The summed E-state index contributed by atoms with van der Waals surface area (Å²) in [6.07, 6.45) is 4.29. The summed E-state index contributed by atoms with van der Waals surface area (Å²) in [7, 11) is 0. The number of urea groups is 2. The number of carbonyl (C=O) groups excluding carboxylic acids is 3. The molecule has 0 spiro atoms. The maximum absolute atomic E-state index is 12.3. The van der Waals surface area contributed by atoms with Crippen LogP contribution in [0.15, 0.2) is 77.9 Å². The lowest BCUT2D eigenvalue weighted by atomic mass is 10.1. The van der Waals surface area contributed by atoms with Crippen LogP contribution in [-0.2, 0) is 40.5 Å². The topological polar surface area (TPSA) is 304 Å². The Balaban J connectivity index is 0.000000393. The molecule has 5 amide bonds. The van der Waals surface area contributed by atoms with E-state index in [2.05, 4.69) is 68.0 Å². The first-order chi connectivity index (χ1) is 29.6. The van der Waals surface area contributed by atoms with Crippen molar-refractivity contribution in [3.05, 3.63) is 112 Å². The van der Waals surface area contributed by atoms with E-state index in [9.17, 15) is 33.6 Å². The summed E-state index contributed by atoms with van der Waals surface area (Å²) in [4.78, 5) is 95.0. The van der Waals surface area contributed by atoms with Crippen LogP contribution in [0.1, 0.15) is 75.6 Å². The van der Waals surface area contributed by atoms with Gasteiger partial charge in [0.1, 0.15) is 18.4 Å². The van der Waals surface area contributed by atoms with Gasteiger partial charge in [-0.1, -0.05) is 36.2 Å². The largest absolute Gasteiger partial charge is 0.370 e. The van der Waals surface area contributed by atoms with Crippen LogP contribution in [0.5, 0.6) is 0 Å². The molecule has 4 rings (SSSR count). The molecule has 0 aliphatic carbocycles. The molecule has 0 unspecified atom stereocenters. The number of hydrogen-bond acceptors (Lipinski definition) is 12. The maximum atomic E-state index is 12.3. The van der Waals surface area contributed by atoms with Crippen LogP contribution in [0.2, 0.25) is 0 Å². The van der Waals surface area contributed by atoms with Crippen molar-refractivity contribution in [3.63, 3.8) is 0 Å². The molecule has 0 atom stereocenters. The lowest BCUT2D eigenvalue weighted by Crippen LogP contribution is -2.35. The average molecular weight is 865 g/mol. The van der Waals surface area contributed by atoms with Gasteiger partial charge in [-0.05, 0) is 112 Å². The highest BCUT2D eigenvalue weighted by Gasteiger charge is 2.08. The molecule has 10 N–H and O–H groups in total. The third-order valence-corrected chi connectivity index (χ3v) is 8.73. The van der Waals surface area contributed by atoms with E-state index in [4.69, 9.17) is 15.5 Å². The number of benzene rings is 2. The first kappa shape index (κ1) is 51.4. The summed E-state index contributed by atoms with van der Waals surface area (Å²) in [5.74, 6) is 0.381. The molecule has 4 aromatic rings. The van der Waals surface area contributed by atoms with E-state index in [0.717, 1.165) is 35.2 Å². The molecule has 62 heavy (non-hydrogen) atoms. The molecule has 2 aromatic carbocycles. The lowest BCUT2D eigenvalue weighted by molar-refractivity contribution is -0.295. The van der Waals surface area contributed by atoms with Crippen LogP contribution in [0, 0.1) is 13.8 Å². The summed E-state index contributed by atoms with van der Waals surface area (Å²) in [6, 6.07) is 12.7. The van der Waals surface area contributed by atoms with E-state index in [-0.39, 0.29) is 24.6 Å². The molecule has 21 nitrogen and oxygen atoms in total. The molecule has 0 saturated carbocycles. The number of unbranched alkanes of at least 4 members (excludes halogenated alkanes) is 2. The number of aromatic amines is 2. The Kier molecular flexibility index (Phi) is 23.2. The third kappa shape index (κ3) is 19.6. The normalized spacial score (nSPS) is 10.6. The monoisotopic (exact) mass is 864 g/mol. The molecule has 0 aliphatic heterocycles. The van der Waals surface area contributed by atoms with E-state index in [1.165, 1.54) is 45.9 Å². The van der Waals surface area contributed by atoms with Crippen LogP contribution >= 0.6 is 0 Å². The number of anilines is 4. The Morgan fingerprint density at radius 3 is 1.56 bits per heavy atom. The van der Waals surface area contributed by atoms with Gasteiger partial charge in [0.2, 0.25) is 5.91 Å². The number of amides is 5. The molecule has 0 bridgehead atoms. The Morgan fingerprint density at radius 1 is 0.677 bits per heavy atom. The minimum Gasteiger partial charge on any atom is -0.370 e. The SMILES string of the molecule is CC(N)=O.CCOOCNCCCCn1c(=O)cc(Nc2ccc(C)c(CC)c2)[nH]c1=O.CCc1cc(Nc2cc(=O)n(CCCCNC(=O)N=NC(N)=O)c(=O)[nH]2)ccc1C. The zero-order valence-electron chi connectivity index (χ0n) is 36.2. The summed E-state index contributed by atoms with van der Waals surface area (Å²) in [6.45, 7) is 13.7. The Bertz CT molecular complexity index is 2270. The quantitative estimate of drug-likeness (QED) is 0.0205. The van der Waals surface area contributed by atoms with Gasteiger partial charge < -0.3 is 27.4 Å². The van der Waals surface area contributed by atoms with Crippen molar-refractivity contribution in [1.29, 1.82) is 0 Å². The Hall–Kier alpha value is -6.71. The summed E-state index contributed by atoms with van der Waals surface area (Å²) in [5.41, 5.74) is 14.0. The van der Waals surface area contributed by atoms with Gasteiger partial charge in [0, 0.05) is 50.1 Å². The molecule has 0 saturated heterocycles. The zero-order chi connectivity index (χ0) is 46.0. The summed E-state index contributed by atoms with van der Waals surface area (Å²) >= 11 is 0. The molecule has 0 fully saturated rings. The standard InChI is InChI=1S/C20H30N4O4.C19H25N7O4.C2H5NO/c1-4-16-12-17(9-8-15(16)3)22-18-13-19(25)24(20(26)23-18)11-7-6-10-21-14-28-27-5-2;1-3-13-10-14(7-6-12(13)2)22-15-11-16(27)26(19(30)23-15)9-5-4-8-21-18(29)25-24-17(20)28;1-2(3)4/h8-9,12-13,21-22H,4-7,10-11,14H2,1-3H3,(H,23,26);6-7,10-11,22H,3-5,8-9H2,1-2H3,(H2,20,28)(H,21,29)(H,23,30);1H3,(H2,3,4). The number of nitrogens with one attached hydrogen (secondary N) is 6. The fourth-order valence-corrected chi connectivity index (χ4v) is 5.65. The van der Waals surface area contributed by atoms with Crippen LogP contribution < -0.4 is 55.2 Å². The van der Waals surface area contributed by atoms with Crippen molar-refractivity contribution in [2.75, 3.05) is 37.1 Å². The number of rotatable bonds is 20. The molecular weight excluding hydrogens is 805 g/mol. The summed E-state index contributed by atoms with van der Waals surface area (Å²) in [5, 5.41) is 17.6. The van der Waals surface area contributed by atoms with Crippen molar-refractivity contribution in [3.8, 4) is 0 Å². The van der Waals surface area contributed by atoms with E-state index < -0.39 is 29.0 Å². The highest BCUT2D eigenvalue weighted by molar-refractivity contribution is 5.78. The Morgan fingerprint density at radius 2 is 1.15 bits per heavy atom. The first-order valence-electron chi connectivity index (χ1n) is 20.2. The van der Waals surface area contributed by atoms with Crippen molar-refractivity contribution in [1.82, 2.24) is 29.7 Å². The van der Waals surface area contributed by atoms with Gasteiger partial charge in [-0.3, -0.25) is 38.8 Å². The van der Waals surface area contributed by atoms with E-state index in [1.54, 1.807) is 0 Å². The predicted octanol–water partition coefficient (Wildman–Crippen LogP) is 4.11. The highest BCUT2D eigenvalue weighted by atomic mass is 17.2. The first-order valence-corrected chi connectivity index (χ1v) is 20.2. The second-order valence-electron chi connectivity index (χ2n) is 13.7. The average Bonchev–Trinajstić information content (AvgIpc) is 3.21. The van der Waals surface area contributed by atoms with Gasteiger partial charge in [0.05, 0.1) is 6.61 Å². The Labute approximate surface area is 358 Å². The van der Waals surface area contributed by atoms with Crippen LogP contribution in [-0.4, -0.2) is 63.5 Å². The van der Waals surface area contributed by atoms with Crippen LogP contribution in [0.4, 0.5) is 32.6 Å². The van der Waals surface area contributed by atoms with Crippen molar-refractivity contribution in [2.24, 2.45) is 21.7 Å². The number of carbonyl (C=O) groups is 3. The smallest absolute Gasteiger partial charge is 0.359 e. The van der Waals surface area contributed by atoms with E-state index >= 15 is 0 Å². The van der Waals surface area contributed by atoms with Crippen molar-refractivity contribution >= 4 is 41.0 Å². The number of nitrogens with zero attached hydrogens (tertiary/aromatic N) is 4. The van der Waals surface area contributed by atoms with Gasteiger partial charge >= 0.3 is 23.4 Å². The molecule has 0 aliphatic rings. The second-order valence-corrected chi connectivity index (χ2v) is 13.7. The minimum absolute atomic E-state index is 0.192. The number of azo groups is 1. The molecule has 21 heteroatoms. The lowest BCUT2D eigenvalue weighted by Gasteiger charge is -2.11. The molecule has 2 heterocycles. The minimum atomic E-state index is -1.06. The number of aryl methyl sites for hydroxylation is 4. The molecule has 2 aromatic heterocycles. The van der Waals surface area contributed by atoms with Gasteiger partial charge in [0.25, 0.3) is 11.1 Å². The fourth-order valence-electron chi connectivity index (χ4n) is 5.65. The van der Waals surface area contributed by atoms with E-state index in [1.807, 2.05) is 50.2 Å². The number of aromatic nitrogens is 4. The molecular formula is C41H60N12O9. The highest BCUT2D eigenvalue weighted by Crippen LogP contribution is 2.19. The number of H-pyrrole nitrogens is 2. The maximum Gasteiger partial charge on any atom is 0.359 e. The van der Waals surface area contributed by atoms with Crippen molar-refractivity contribution < 1.29 is 24.2 Å². The van der Waals surface area contributed by atoms with Gasteiger partial charge in [-0.15, -0.1) is 0 Å².